The van der Waals surface area contributed by atoms with Crippen LogP contribution in [0.2, 0.25) is 0 Å². The summed E-state index contributed by atoms with van der Waals surface area (Å²) < 4.78 is 0. The van der Waals surface area contributed by atoms with Gasteiger partial charge in [0.25, 0.3) is 0 Å². The van der Waals surface area contributed by atoms with Crippen LogP contribution in [0.1, 0.15) is 39.5 Å². The summed E-state index contributed by atoms with van der Waals surface area (Å²) in [5.41, 5.74) is 6.14. The fourth-order valence-electron chi connectivity index (χ4n) is 2.22. The van der Waals surface area contributed by atoms with Crippen LogP contribution in [0.5, 0.6) is 0 Å². The molecule has 1 saturated heterocycles. The first kappa shape index (κ1) is 11.3. The average Bonchev–Trinajstić information content (AvgIpc) is 2.59. The lowest BCUT2D eigenvalue weighted by atomic mass is 9.79. The molecule has 3 heteroatoms. The van der Waals surface area contributed by atoms with Gasteiger partial charge >= 0.3 is 0 Å². The lowest BCUT2D eigenvalue weighted by Gasteiger charge is -2.27. The molecule has 14 heavy (non-hydrogen) atoms. The molecule has 0 radical (unpaired) electrons. The second kappa shape index (κ2) is 4.65. The van der Waals surface area contributed by atoms with Gasteiger partial charge in [-0.3, -0.25) is 0 Å². The summed E-state index contributed by atoms with van der Waals surface area (Å²) >= 11 is 0. The lowest BCUT2D eigenvalue weighted by Crippen LogP contribution is -2.27. The number of rotatable bonds is 4. The van der Waals surface area contributed by atoms with Gasteiger partial charge in [0.15, 0.2) is 6.19 Å². The highest BCUT2D eigenvalue weighted by molar-refractivity contribution is 4.93. The molecule has 80 valence electrons. The minimum absolute atomic E-state index is 0.287. The standard InChI is InChI=1S/C11H21N3/c1-3-11(5-4-10(2)13)6-7-14(8-11)9-12/h10H,3-8,13H2,1-2H3. The van der Waals surface area contributed by atoms with Crippen molar-refractivity contribution in [1.29, 1.82) is 5.26 Å². The highest BCUT2D eigenvalue weighted by Gasteiger charge is 2.35. The summed E-state index contributed by atoms with van der Waals surface area (Å²) in [6.07, 6.45) is 6.81. The molecule has 1 aliphatic rings. The van der Waals surface area contributed by atoms with E-state index in [4.69, 9.17) is 11.0 Å². The Kier molecular flexibility index (Phi) is 3.77. The van der Waals surface area contributed by atoms with Crippen molar-refractivity contribution in [3.05, 3.63) is 0 Å². The normalized spacial score (nSPS) is 28.9. The molecule has 1 fully saturated rings. The molecular formula is C11H21N3. The predicted molar refractivity (Wildman–Crippen MR) is 57.4 cm³/mol. The highest BCUT2D eigenvalue weighted by Crippen LogP contribution is 2.38. The van der Waals surface area contributed by atoms with Gasteiger partial charge in [-0.05, 0) is 38.0 Å². The summed E-state index contributed by atoms with van der Waals surface area (Å²) in [5.74, 6) is 0. The molecule has 0 aromatic rings. The Morgan fingerprint density at radius 3 is 2.79 bits per heavy atom. The number of likely N-dealkylation sites (tertiary alicyclic amines) is 1. The number of hydrogen-bond acceptors (Lipinski definition) is 3. The van der Waals surface area contributed by atoms with Crippen LogP contribution >= 0.6 is 0 Å². The Bertz CT molecular complexity index is 219. The molecule has 0 spiro atoms. The quantitative estimate of drug-likeness (QED) is 0.695. The van der Waals surface area contributed by atoms with E-state index in [9.17, 15) is 0 Å². The summed E-state index contributed by atoms with van der Waals surface area (Å²) in [4.78, 5) is 1.88. The van der Waals surface area contributed by atoms with Crippen LogP contribution in [0.15, 0.2) is 0 Å². The topological polar surface area (TPSA) is 53.0 Å². The molecule has 3 nitrogen and oxygen atoms in total. The molecule has 2 N–H and O–H groups in total. The van der Waals surface area contributed by atoms with Gasteiger partial charge < -0.3 is 10.6 Å². The fraction of sp³-hybridized carbons (Fsp3) is 0.909. The third-order valence-electron chi connectivity index (χ3n) is 3.46. The molecule has 0 aromatic carbocycles. The molecule has 0 aliphatic carbocycles. The number of hydrogen-bond donors (Lipinski definition) is 1. The molecule has 0 amide bonds. The van der Waals surface area contributed by atoms with Crippen molar-refractivity contribution in [2.24, 2.45) is 11.1 Å². The minimum atomic E-state index is 0.287. The summed E-state index contributed by atoms with van der Waals surface area (Å²) in [5, 5.41) is 8.82. The summed E-state index contributed by atoms with van der Waals surface area (Å²) in [6.45, 7) is 6.15. The van der Waals surface area contributed by atoms with Crippen molar-refractivity contribution in [2.75, 3.05) is 13.1 Å². The third kappa shape index (κ3) is 2.62. The van der Waals surface area contributed by atoms with Crippen molar-refractivity contribution in [2.45, 2.75) is 45.6 Å². The Labute approximate surface area is 86.9 Å². The van der Waals surface area contributed by atoms with Gasteiger partial charge in [0, 0.05) is 19.1 Å². The van der Waals surface area contributed by atoms with Gasteiger partial charge in [-0.2, -0.15) is 5.26 Å². The van der Waals surface area contributed by atoms with Crippen LogP contribution in [0.25, 0.3) is 0 Å². The smallest absolute Gasteiger partial charge is 0.179 e. The van der Waals surface area contributed by atoms with Crippen molar-refractivity contribution >= 4 is 0 Å². The maximum absolute atomic E-state index is 8.82. The zero-order valence-corrected chi connectivity index (χ0v) is 9.29. The average molecular weight is 195 g/mol. The van der Waals surface area contributed by atoms with E-state index in [1.54, 1.807) is 0 Å². The molecule has 0 aromatic heterocycles. The van der Waals surface area contributed by atoms with Crippen LogP contribution < -0.4 is 5.73 Å². The monoisotopic (exact) mass is 195 g/mol. The first-order valence-corrected chi connectivity index (χ1v) is 5.52. The molecule has 0 saturated carbocycles. The van der Waals surface area contributed by atoms with Gasteiger partial charge in [-0.15, -0.1) is 0 Å². The van der Waals surface area contributed by atoms with Crippen LogP contribution in [-0.4, -0.2) is 24.0 Å². The number of nitriles is 1. The van der Waals surface area contributed by atoms with Crippen LogP contribution in [0, 0.1) is 16.9 Å². The Morgan fingerprint density at radius 2 is 2.36 bits per heavy atom. The zero-order chi connectivity index (χ0) is 10.6. The van der Waals surface area contributed by atoms with Crippen molar-refractivity contribution in [1.82, 2.24) is 4.90 Å². The molecule has 1 aliphatic heterocycles. The van der Waals surface area contributed by atoms with E-state index in [2.05, 4.69) is 20.0 Å². The first-order valence-electron chi connectivity index (χ1n) is 5.52. The highest BCUT2D eigenvalue weighted by atomic mass is 15.1. The van der Waals surface area contributed by atoms with E-state index in [1.165, 1.54) is 6.42 Å². The molecule has 2 unspecified atom stereocenters. The van der Waals surface area contributed by atoms with E-state index < -0.39 is 0 Å². The Morgan fingerprint density at radius 1 is 1.64 bits per heavy atom. The fourth-order valence-corrected chi connectivity index (χ4v) is 2.22. The Balaban J connectivity index is 2.48. The molecule has 2 atom stereocenters. The molecular weight excluding hydrogens is 174 g/mol. The minimum Gasteiger partial charge on any atom is -0.328 e. The molecule has 0 bridgehead atoms. The van der Waals surface area contributed by atoms with Gasteiger partial charge in [0.05, 0.1) is 0 Å². The number of nitrogens with zero attached hydrogens (tertiary/aromatic N) is 2. The van der Waals surface area contributed by atoms with Gasteiger partial charge in [0.1, 0.15) is 0 Å². The van der Waals surface area contributed by atoms with Crippen LogP contribution in [0.4, 0.5) is 0 Å². The maximum Gasteiger partial charge on any atom is 0.179 e. The van der Waals surface area contributed by atoms with E-state index >= 15 is 0 Å². The van der Waals surface area contributed by atoms with Crippen molar-refractivity contribution in [3.63, 3.8) is 0 Å². The lowest BCUT2D eigenvalue weighted by molar-refractivity contribution is 0.249. The van der Waals surface area contributed by atoms with Crippen molar-refractivity contribution in [3.8, 4) is 6.19 Å². The second-order valence-corrected chi connectivity index (χ2v) is 4.64. The van der Waals surface area contributed by atoms with E-state index in [0.29, 0.717) is 5.41 Å². The second-order valence-electron chi connectivity index (χ2n) is 4.64. The molecule has 1 rings (SSSR count). The predicted octanol–water partition coefficient (Wildman–Crippen LogP) is 1.70. The van der Waals surface area contributed by atoms with Gasteiger partial charge in [0.2, 0.25) is 0 Å². The third-order valence-corrected chi connectivity index (χ3v) is 3.46. The Hall–Kier alpha value is -0.750. The maximum atomic E-state index is 8.82. The largest absolute Gasteiger partial charge is 0.328 e. The van der Waals surface area contributed by atoms with Crippen LogP contribution in [-0.2, 0) is 0 Å². The van der Waals surface area contributed by atoms with E-state index in [0.717, 1.165) is 32.4 Å². The van der Waals surface area contributed by atoms with Gasteiger partial charge in [-0.1, -0.05) is 6.92 Å². The zero-order valence-electron chi connectivity index (χ0n) is 9.29. The van der Waals surface area contributed by atoms with Gasteiger partial charge in [-0.25, -0.2) is 0 Å². The summed E-state index contributed by atoms with van der Waals surface area (Å²) in [7, 11) is 0. The van der Waals surface area contributed by atoms with E-state index in [1.807, 2.05) is 4.90 Å². The van der Waals surface area contributed by atoms with Crippen molar-refractivity contribution < 1.29 is 0 Å². The number of nitrogens with two attached hydrogens (primary N) is 1. The van der Waals surface area contributed by atoms with Crippen LogP contribution in [0.3, 0.4) is 0 Å². The van der Waals surface area contributed by atoms with E-state index in [-0.39, 0.29) is 6.04 Å². The summed E-state index contributed by atoms with van der Waals surface area (Å²) in [6, 6.07) is 0.287. The first-order chi connectivity index (χ1) is 6.62. The SMILES string of the molecule is CCC1(CCC(C)N)CCN(C#N)C1. The molecule has 1 heterocycles.